The smallest absolute Gasteiger partial charge is 0.237 e. The number of ether oxygens (including phenoxy) is 2. The molecule has 3 heterocycles. The first-order valence-electron chi connectivity index (χ1n) is 10.4. The van der Waals surface area contributed by atoms with Crippen LogP contribution in [0, 0.1) is 0 Å². The summed E-state index contributed by atoms with van der Waals surface area (Å²) < 4.78 is 14.8. The predicted molar refractivity (Wildman–Crippen MR) is 126 cm³/mol. The second-order valence-corrected chi connectivity index (χ2v) is 8.53. The minimum atomic E-state index is -0.136. The quantitative estimate of drug-likeness (QED) is 0.385. The molecule has 0 radical (unpaired) electrons. The molecule has 1 aliphatic heterocycles. The second-order valence-electron chi connectivity index (χ2n) is 7.58. The molecular weight excluding hydrogens is 438 g/mol. The van der Waals surface area contributed by atoms with Crippen LogP contribution in [-0.2, 0) is 11.3 Å². The maximum atomic E-state index is 12.6. The summed E-state index contributed by atoms with van der Waals surface area (Å²) in [5, 5.41) is 12.4. The highest BCUT2D eigenvalue weighted by atomic mass is 32.2. The van der Waals surface area contributed by atoms with Gasteiger partial charge in [-0.25, -0.2) is 0 Å². The normalized spacial score (nSPS) is 12.5. The number of rotatable bonds is 6. The lowest BCUT2D eigenvalue weighted by Crippen LogP contribution is -2.14. The van der Waals surface area contributed by atoms with Crippen LogP contribution in [0.2, 0.25) is 0 Å². The van der Waals surface area contributed by atoms with Crippen LogP contribution in [-0.4, -0.2) is 37.6 Å². The van der Waals surface area contributed by atoms with Gasteiger partial charge in [0, 0.05) is 11.8 Å². The molecular formula is C24H19N5O3S. The third kappa shape index (κ3) is 3.66. The lowest BCUT2D eigenvalue weighted by molar-refractivity contribution is -0.113. The zero-order chi connectivity index (χ0) is 22.2. The van der Waals surface area contributed by atoms with Crippen LogP contribution in [0.5, 0.6) is 11.5 Å². The van der Waals surface area contributed by atoms with E-state index in [0.717, 1.165) is 16.8 Å². The Balaban J connectivity index is 1.25. The second kappa shape index (κ2) is 8.18. The summed E-state index contributed by atoms with van der Waals surface area (Å²) in [5.41, 5.74) is 3.92. The molecule has 2 aromatic heterocycles. The lowest BCUT2D eigenvalue weighted by atomic mass is 10.2. The Morgan fingerprint density at radius 3 is 2.61 bits per heavy atom. The average Bonchev–Trinajstić information content (AvgIpc) is 3.55. The summed E-state index contributed by atoms with van der Waals surface area (Å²) in [4.78, 5) is 12.6. The molecule has 3 aromatic carbocycles. The molecule has 164 valence electrons. The van der Waals surface area contributed by atoms with Gasteiger partial charge in [0.2, 0.25) is 18.5 Å². The van der Waals surface area contributed by atoms with Crippen molar-refractivity contribution in [2.24, 2.45) is 0 Å². The highest BCUT2D eigenvalue weighted by Gasteiger charge is 2.19. The van der Waals surface area contributed by atoms with Gasteiger partial charge in [-0.3, -0.25) is 9.20 Å². The van der Waals surface area contributed by atoms with Crippen molar-refractivity contribution in [2.45, 2.75) is 11.7 Å². The van der Waals surface area contributed by atoms with Crippen molar-refractivity contribution in [1.29, 1.82) is 0 Å². The monoisotopic (exact) mass is 457 g/mol. The van der Waals surface area contributed by atoms with Crippen molar-refractivity contribution in [2.75, 3.05) is 17.9 Å². The molecule has 0 aliphatic carbocycles. The number of fused-ring (bicyclic) bond motifs is 4. The molecule has 0 fully saturated rings. The van der Waals surface area contributed by atoms with Gasteiger partial charge < -0.3 is 19.4 Å². The van der Waals surface area contributed by atoms with E-state index >= 15 is 0 Å². The highest BCUT2D eigenvalue weighted by molar-refractivity contribution is 7.99. The largest absolute Gasteiger partial charge is 0.454 e. The molecule has 6 rings (SSSR count). The number of hydrogen-bond donors (Lipinski definition) is 1. The fourth-order valence-electron chi connectivity index (χ4n) is 3.95. The number of para-hydroxylation sites is 2. The maximum absolute atomic E-state index is 12.6. The Morgan fingerprint density at radius 2 is 1.73 bits per heavy atom. The molecule has 33 heavy (non-hydrogen) atoms. The van der Waals surface area contributed by atoms with Crippen LogP contribution in [0.4, 0.5) is 5.69 Å². The van der Waals surface area contributed by atoms with Crippen LogP contribution in [0.25, 0.3) is 16.8 Å². The first-order chi connectivity index (χ1) is 16.3. The number of imidazole rings is 1. The number of nitrogens with one attached hydrogen (secondary N) is 1. The van der Waals surface area contributed by atoms with Crippen LogP contribution in [0.1, 0.15) is 5.56 Å². The first-order valence-corrected chi connectivity index (χ1v) is 11.4. The number of amides is 1. The van der Waals surface area contributed by atoms with Gasteiger partial charge in [-0.1, -0.05) is 54.2 Å². The Bertz CT molecular complexity index is 1480. The highest BCUT2D eigenvalue weighted by Crippen LogP contribution is 2.34. The minimum Gasteiger partial charge on any atom is -0.454 e. The van der Waals surface area contributed by atoms with E-state index in [2.05, 4.69) is 38.3 Å². The van der Waals surface area contributed by atoms with Crippen molar-refractivity contribution < 1.29 is 14.3 Å². The molecule has 0 spiro atoms. The molecule has 1 amide bonds. The summed E-state index contributed by atoms with van der Waals surface area (Å²) in [6.07, 6.45) is 0. The Labute approximate surface area is 193 Å². The third-order valence-electron chi connectivity index (χ3n) is 5.44. The van der Waals surface area contributed by atoms with E-state index in [1.165, 1.54) is 17.3 Å². The maximum Gasteiger partial charge on any atom is 0.237 e. The molecule has 0 saturated carbocycles. The number of carbonyl (C=O) groups is 1. The molecule has 1 aliphatic rings. The molecule has 5 aromatic rings. The Kier molecular flexibility index (Phi) is 4.88. The van der Waals surface area contributed by atoms with Gasteiger partial charge in [-0.2, -0.15) is 0 Å². The zero-order valence-electron chi connectivity index (χ0n) is 17.5. The van der Waals surface area contributed by atoms with Gasteiger partial charge in [-0.05, 0) is 29.8 Å². The molecule has 0 bridgehead atoms. The SMILES string of the molecule is O=C(CSc1nnc2n(Cc3ccccc3)c3ccccc3n12)Nc1ccc2c(c1)OCO2. The fraction of sp³-hybridized carbons (Fsp3) is 0.125. The number of aromatic nitrogens is 4. The zero-order valence-corrected chi connectivity index (χ0v) is 18.3. The summed E-state index contributed by atoms with van der Waals surface area (Å²) in [6.45, 7) is 0.884. The summed E-state index contributed by atoms with van der Waals surface area (Å²) in [6, 6.07) is 23.7. The topological polar surface area (TPSA) is 82.7 Å². The third-order valence-corrected chi connectivity index (χ3v) is 6.37. The van der Waals surface area contributed by atoms with Crippen molar-refractivity contribution in [3.05, 3.63) is 78.4 Å². The van der Waals surface area contributed by atoms with Gasteiger partial charge in [0.15, 0.2) is 16.7 Å². The molecule has 1 N–H and O–H groups in total. The summed E-state index contributed by atoms with van der Waals surface area (Å²) in [7, 11) is 0. The van der Waals surface area contributed by atoms with Crippen LogP contribution in [0.3, 0.4) is 0 Å². The van der Waals surface area contributed by atoms with Crippen LogP contribution < -0.4 is 14.8 Å². The summed E-state index contributed by atoms with van der Waals surface area (Å²) in [5.74, 6) is 2.13. The van der Waals surface area contributed by atoms with Gasteiger partial charge >= 0.3 is 0 Å². The van der Waals surface area contributed by atoms with E-state index in [1.54, 1.807) is 18.2 Å². The standard InChI is InChI=1S/C24H19N5O3S/c30-22(25-17-10-11-20-21(12-17)32-15-31-20)14-33-24-27-26-23-28(13-16-6-2-1-3-7-16)18-8-4-5-9-19(18)29(23)24/h1-12H,13-15H2,(H,25,30). The molecule has 0 unspecified atom stereocenters. The summed E-state index contributed by atoms with van der Waals surface area (Å²) >= 11 is 1.35. The fourth-order valence-corrected chi connectivity index (χ4v) is 4.69. The lowest BCUT2D eigenvalue weighted by Gasteiger charge is -2.05. The Hall–Kier alpha value is -3.98. The van der Waals surface area contributed by atoms with E-state index < -0.39 is 0 Å². The molecule has 9 heteroatoms. The number of nitrogens with zero attached hydrogens (tertiary/aromatic N) is 4. The minimum absolute atomic E-state index is 0.136. The molecule has 8 nitrogen and oxygen atoms in total. The van der Waals surface area contributed by atoms with E-state index in [-0.39, 0.29) is 18.5 Å². The first kappa shape index (κ1) is 19.7. The van der Waals surface area contributed by atoms with E-state index in [9.17, 15) is 4.79 Å². The van der Waals surface area contributed by atoms with Crippen LogP contribution in [0.15, 0.2) is 78.0 Å². The predicted octanol–water partition coefficient (Wildman–Crippen LogP) is 4.19. The molecule has 0 saturated heterocycles. The van der Waals surface area contributed by atoms with Crippen molar-refractivity contribution in [3.63, 3.8) is 0 Å². The van der Waals surface area contributed by atoms with Crippen molar-refractivity contribution >= 4 is 40.2 Å². The van der Waals surface area contributed by atoms with E-state index in [4.69, 9.17) is 9.47 Å². The van der Waals surface area contributed by atoms with E-state index in [0.29, 0.717) is 28.9 Å². The van der Waals surface area contributed by atoms with E-state index in [1.807, 2.05) is 40.8 Å². The van der Waals surface area contributed by atoms with Crippen molar-refractivity contribution in [3.8, 4) is 11.5 Å². The van der Waals surface area contributed by atoms with Gasteiger partial charge in [0.1, 0.15) is 0 Å². The Morgan fingerprint density at radius 1 is 0.939 bits per heavy atom. The van der Waals surface area contributed by atoms with Gasteiger partial charge in [0.25, 0.3) is 0 Å². The molecule has 0 atom stereocenters. The number of hydrogen-bond acceptors (Lipinski definition) is 6. The number of anilines is 1. The van der Waals surface area contributed by atoms with Crippen LogP contribution >= 0.6 is 11.8 Å². The number of thioether (sulfide) groups is 1. The number of benzene rings is 3. The van der Waals surface area contributed by atoms with Gasteiger partial charge in [-0.15, -0.1) is 10.2 Å². The van der Waals surface area contributed by atoms with Crippen molar-refractivity contribution in [1.82, 2.24) is 19.2 Å². The number of carbonyl (C=O) groups excluding carboxylic acids is 1. The van der Waals surface area contributed by atoms with Gasteiger partial charge in [0.05, 0.1) is 23.3 Å². The average molecular weight is 458 g/mol.